The van der Waals surface area contributed by atoms with Gasteiger partial charge in [0, 0.05) is 17.7 Å². The Balaban J connectivity index is 2.52. The van der Waals surface area contributed by atoms with Gasteiger partial charge in [-0.2, -0.15) is 0 Å². The van der Waals surface area contributed by atoms with Gasteiger partial charge in [-0.05, 0) is 18.6 Å². The van der Waals surface area contributed by atoms with Crippen LogP contribution < -0.4 is 14.8 Å². The lowest BCUT2D eigenvalue weighted by Gasteiger charge is -2.16. The summed E-state index contributed by atoms with van der Waals surface area (Å²) in [7, 11) is 2.99. The van der Waals surface area contributed by atoms with Crippen molar-refractivity contribution in [3.05, 3.63) is 17.7 Å². The van der Waals surface area contributed by atoms with Crippen LogP contribution in [-0.4, -0.2) is 31.2 Å². The number of rotatable bonds is 3. The minimum absolute atomic E-state index is 0.0461. The summed E-state index contributed by atoms with van der Waals surface area (Å²) in [5.41, 5.74) is 1.23. The van der Waals surface area contributed by atoms with Crippen molar-refractivity contribution >= 4 is 17.6 Å². The average molecular weight is 265 g/mol. The molecule has 1 aromatic rings. The minimum Gasteiger partial charge on any atom is -0.493 e. The Morgan fingerprint density at radius 1 is 1.32 bits per heavy atom. The molecule has 0 saturated carbocycles. The van der Waals surface area contributed by atoms with Crippen LogP contribution in [0.1, 0.15) is 12.0 Å². The molecule has 0 bridgehead atoms. The van der Waals surface area contributed by atoms with E-state index in [1.807, 2.05) is 0 Å². The smallest absolute Gasteiger partial charge is 0.307 e. The molecule has 6 nitrogen and oxygen atoms in total. The molecule has 0 fully saturated rings. The molecule has 0 aromatic heterocycles. The number of benzene rings is 1. The van der Waals surface area contributed by atoms with Gasteiger partial charge in [0.25, 0.3) is 0 Å². The number of carbonyl (C=O) groups excluding carboxylic acids is 1. The topological polar surface area (TPSA) is 84.9 Å². The van der Waals surface area contributed by atoms with E-state index in [2.05, 4.69) is 5.32 Å². The number of nitrogens with one attached hydrogen (secondary N) is 1. The first kappa shape index (κ1) is 13.2. The quantitative estimate of drug-likeness (QED) is 0.860. The molecule has 2 rings (SSSR count). The molecule has 1 heterocycles. The fraction of sp³-hybridized carbons (Fsp3) is 0.385. The van der Waals surface area contributed by atoms with E-state index < -0.39 is 11.9 Å². The number of hydrogen-bond donors (Lipinski definition) is 2. The molecule has 6 heteroatoms. The van der Waals surface area contributed by atoms with E-state index in [0.29, 0.717) is 22.7 Å². The van der Waals surface area contributed by atoms with Gasteiger partial charge in [0.05, 0.1) is 20.1 Å². The van der Waals surface area contributed by atoms with Gasteiger partial charge in [0.15, 0.2) is 11.5 Å². The highest BCUT2D eigenvalue weighted by Gasteiger charge is 2.29. The normalized spacial score (nSPS) is 18.0. The second-order valence-electron chi connectivity index (χ2n) is 4.32. The van der Waals surface area contributed by atoms with E-state index in [1.54, 1.807) is 12.1 Å². The SMILES string of the molecule is COc1ccc2c(c1OC)CC(C(=O)O)CC(=O)N2. The number of ether oxygens (including phenoxy) is 2. The molecule has 0 radical (unpaired) electrons. The fourth-order valence-corrected chi connectivity index (χ4v) is 2.23. The molecule has 1 aliphatic heterocycles. The van der Waals surface area contributed by atoms with Gasteiger partial charge in [-0.3, -0.25) is 9.59 Å². The predicted molar refractivity (Wildman–Crippen MR) is 67.6 cm³/mol. The van der Waals surface area contributed by atoms with Crippen molar-refractivity contribution < 1.29 is 24.2 Å². The summed E-state index contributed by atoms with van der Waals surface area (Å²) in [6.07, 6.45) is 0.180. The highest BCUT2D eigenvalue weighted by molar-refractivity contribution is 5.95. The largest absolute Gasteiger partial charge is 0.493 e. The predicted octanol–water partition coefficient (Wildman–Crippen LogP) is 1.29. The number of methoxy groups -OCH3 is 2. The summed E-state index contributed by atoms with van der Waals surface area (Å²) in [6, 6.07) is 3.37. The summed E-state index contributed by atoms with van der Waals surface area (Å²) < 4.78 is 10.5. The Labute approximate surface area is 110 Å². The summed E-state index contributed by atoms with van der Waals surface area (Å²) in [5.74, 6) is -1.08. The Bertz CT molecular complexity index is 526. The van der Waals surface area contributed by atoms with Crippen molar-refractivity contribution in [3.8, 4) is 11.5 Å². The second kappa shape index (κ2) is 5.17. The van der Waals surface area contributed by atoms with Gasteiger partial charge in [-0.25, -0.2) is 0 Å². The van der Waals surface area contributed by atoms with Gasteiger partial charge >= 0.3 is 5.97 Å². The number of carboxylic acid groups (broad SMARTS) is 1. The third-order valence-electron chi connectivity index (χ3n) is 3.15. The average Bonchev–Trinajstić information content (AvgIpc) is 2.55. The number of amides is 1. The van der Waals surface area contributed by atoms with Crippen molar-refractivity contribution in [2.24, 2.45) is 5.92 Å². The van der Waals surface area contributed by atoms with Crippen LogP contribution in [0.25, 0.3) is 0 Å². The Kier molecular flexibility index (Phi) is 3.59. The van der Waals surface area contributed by atoms with Crippen LogP contribution in [0.5, 0.6) is 11.5 Å². The number of aliphatic carboxylic acids is 1. The molecule has 102 valence electrons. The zero-order valence-electron chi connectivity index (χ0n) is 10.7. The number of fused-ring (bicyclic) bond motifs is 1. The summed E-state index contributed by atoms with van der Waals surface area (Å²) >= 11 is 0. The highest BCUT2D eigenvalue weighted by atomic mass is 16.5. The molecule has 1 aliphatic rings. The Morgan fingerprint density at radius 2 is 2.05 bits per heavy atom. The van der Waals surface area contributed by atoms with E-state index in [4.69, 9.17) is 14.6 Å². The third kappa shape index (κ3) is 2.47. The fourth-order valence-electron chi connectivity index (χ4n) is 2.23. The molecular weight excluding hydrogens is 250 g/mol. The first-order valence-electron chi connectivity index (χ1n) is 5.83. The maximum atomic E-state index is 11.7. The van der Waals surface area contributed by atoms with E-state index in [1.165, 1.54) is 14.2 Å². The van der Waals surface area contributed by atoms with Crippen molar-refractivity contribution in [2.75, 3.05) is 19.5 Å². The zero-order chi connectivity index (χ0) is 14.0. The lowest BCUT2D eigenvalue weighted by atomic mass is 9.96. The van der Waals surface area contributed by atoms with Crippen LogP contribution in [-0.2, 0) is 16.0 Å². The maximum absolute atomic E-state index is 11.7. The van der Waals surface area contributed by atoms with E-state index in [9.17, 15) is 9.59 Å². The third-order valence-corrected chi connectivity index (χ3v) is 3.15. The molecule has 0 spiro atoms. The minimum atomic E-state index is -0.993. The van der Waals surface area contributed by atoms with Gasteiger partial charge in [-0.1, -0.05) is 0 Å². The molecule has 1 aromatic carbocycles. The molecule has 1 amide bonds. The zero-order valence-corrected chi connectivity index (χ0v) is 10.7. The Hall–Kier alpha value is -2.24. The Morgan fingerprint density at radius 3 is 2.63 bits per heavy atom. The summed E-state index contributed by atoms with van der Waals surface area (Å²) in [5, 5.41) is 11.8. The first-order valence-corrected chi connectivity index (χ1v) is 5.83. The van der Waals surface area contributed by atoms with Crippen molar-refractivity contribution in [1.29, 1.82) is 0 Å². The number of hydrogen-bond acceptors (Lipinski definition) is 4. The standard InChI is InChI=1S/C13H15NO5/c1-18-10-4-3-9-8(12(10)19-2)5-7(13(16)17)6-11(15)14-9/h3-4,7H,5-6H2,1-2H3,(H,14,15)(H,16,17). The van der Waals surface area contributed by atoms with E-state index in [-0.39, 0.29) is 18.7 Å². The molecule has 1 atom stereocenters. The van der Waals surface area contributed by atoms with Crippen LogP contribution in [0.2, 0.25) is 0 Å². The molecule has 0 aliphatic carbocycles. The summed E-state index contributed by atoms with van der Waals surface area (Å²) in [4.78, 5) is 22.8. The molecular formula is C13H15NO5. The van der Waals surface area contributed by atoms with E-state index >= 15 is 0 Å². The van der Waals surface area contributed by atoms with Crippen LogP contribution in [0.4, 0.5) is 5.69 Å². The summed E-state index contributed by atoms with van der Waals surface area (Å²) in [6.45, 7) is 0. The van der Waals surface area contributed by atoms with Gasteiger partial charge in [0.2, 0.25) is 5.91 Å². The molecule has 0 saturated heterocycles. The van der Waals surface area contributed by atoms with Crippen molar-refractivity contribution in [1.82, 2.24) is 0 Å². The van der Waals surface area contributed by atoms with Gasteiger partial charge < -0.3 is 19.9 Å². The van der Waals surface area contributed by atoms with Crippen LogP contribution in [0.15, 0.2) is 12.1 Å². The lowest BCUT2D eigenvalue weighted by molar-refractivity contribution is -0.143. The lowest BCUT2D eigenvalue weighted by Crippen LogP contribution is -2.20. The maximum Gasteiger partial charge on any atom is 0.307 e. The van der Waals surface area contributed by atoms with Crippen LogP contribution in [0.3, 0.4) is 0 Å². The second-order valence-corrected chi connectivity index (χ2v) is 4.32. The van der Waals surface area contributed by atoms with Gasteiger partial charge in [0.1, 0.15) is 0 Å². The van der Waals surface area contributed by atoms with Crippen LogP contribution >= 0.6 is 0 Å². The van der Waals surface area contributed by atoms with Crippen LogP contribution in [0, 0.1) is 5.92 Å². The molecule has 19 heavy (non-hydrogen) atoms. The van der Waals surface area contributed by atoms with E-state index in [0.717, 1.165) is 0 Å². The molecule has 2 N–H and O–H groups in total. The monoisotopic (exact) mass is 265 g/mol. The first-order chi connectivity index (χ1) is 9.06. The number of carbonyl (C=O) groups is 2. The number of carboxylic acids is 1. The van der Waals surface area contributed by atoms with Gasteiger partial charge in [-0.15, -0.1) is 0 Å². The highest BCUT2D eigenvalue weighted by Crippen LogP contribution is 2.39. The van der Waals surface area contributed by atoms with Crippen molar-refractivity contribution in [3.63, 3.8) is 0 Å². The van der Waals surface area contributed by atoms with Crippen molar-refractivity contribution in [2.45, 2.75) is 12.8 Å². The number of anilines is 1. The molecule has 1 unspecified atom stereocenters.